The second-order valence-electron chi connectivity index (χ2n) is 2.83. The third-order valence-corrected chi connectivity index (χ3v) is 2.67. The number of hydrogen-bond acceptors (Lipinski definition) is 3. The average molecular weight is 350 g/mol. The first-order valence-corrected chi connectivity index (χ1v) is 5.97. The lowest BCUT2D eigenvalue weighted by Gasteiger charge is -2.10. The van der Waals surface area contributed by atoms with E-state index in [1.807, 2.05) is 6.07 Å². The van der Waals surface area contributed by atoms with Crippen molar-refractivity contribution in [1.29, 1.82) is 0 Å². The Morgan fingerprint density at radius 2 is 1.62 bits per heavy atom. The summed E-state index contributed by atoms with van der Waals surface area (Å²) in [7, 11) is 2.88. The van der Waals surface area contributed by atoms with Crippen LogP contribution in [0.5, 0.6) is 0 Å². The Hall–Kier alpha value is -0.810. The maximum absolute atomic E-state index is 11.5. The minimum absolute atomic E-state index is 0.397. The molecule has 1 aromatic rings. The van der Waals surface area contributed by atoms with E-state index in [9.17, 15) is 4.79 Å². The Labute approximate surface area is 111 Å². The van der Waals surface area contributed by atoms with E-state index in [1.165, 1.54) is 14.2 Å². The fourth-order valence-electron chi connectivity index (χ4n) is 1.26. The zero-order chi connectivity index (χ0) is 12.1. The smallest absolute Gasteiger partial charge is 0.338 e. The highest BCUT2D eigenvalue weighted by atomic mass is 79.9. The lowest BCUT2D eigenvalue weighted by Crippen LogP contribution is -2.05. The van der Waals surface area contributed by atoms with E-state index >= 15 is 0 Å². The standard InChI is InChI=1S/C11H10Br2O3/c1-15-9(10(12)13)7-5-3-4-6-8(7)11(14)16-2/h3-6H,1-2H3. The molecule has 3 nitrogen and oxygen atoms in total. The van der Waals surface area contributed by atoms with Gasteiger partial charge in [-0.2, -0.15) is 0 Å². The largest absolute Gasteiger partial charge is 0.494 e. The number of esters is 1. The molecule has 0 amide bonds. The highest BCUT2D eigenvalue weighted by Crippen LogP contribution is 2.30. The lowest BCUT2D eigenvalue weighted by atomic mass is 10.1. The summed E-state index contributed by atoms with van der Waals surface area (Å²) in [6.07, 6.45) is 0. The van der Waals surface area contributed by atoms with E-state index in [0.29, 0.717) is 20.3 Å². The predicted octanol–water partition coefficient (Wildman–Crippen LogP) is 3.54. The Morgan fingerprint density at radius 3 is 2.06 bits per heavy atom. The molecular formula is C11H10Br2O3. The molecular weight excluding hydrogens is 340 g/mol. The fourth-order valence-corrected chi connectivity index (χ4v) is 2.01. The summed E-state index contributed by atoms with van der Waals surface area (Å²) < 4.78 is 10.6. The molecule has 1 aromatic carbocycles. The summed E-state index contributed by atoms with van der Waals surface area (Å²) in [6, 6.07) is 7.06. The van der Waals surface area contributed by atoms with Crippen LogP contribution in [-0.4, -0.2) is 20.2 Å². The number of hydrogen-bond donors (Lipinski definition) is 0. The Bertz CT molecular complexity index is 423. The van der Waals surface area contributed by atoms with Gasteiger partial charge in [0.05, 0.1) is 19.8 Å². The molecule has 0 radical (unpaired) electrons. The summed E-state index contributed by atoms with van der Waals surface area (Å²) >= 11 is 6.52. The summed E-state index contributed by atoms with van der Waals surface area (Å²) in [5, 5.41) is 0. The first kappa shape index (κ1) is 13.3. The molecule has 0 heterocycles. The van der Waals surface area contributed by atoms with Gasteiger partial charge in [0.15, 0.2) is 0 Å². The fraction of sp³-hybridized carbons (Fsp3) is 0.182. The van der Waals surface area contributed by atoms with Crippen molar-refractivity contribution in [2.75, 3.05) is 14.2 Å². The zero-order valence-corrected chi connectivity index (χ0v) is 12.0. The van der Waals surface area contributed by atoms with Crippen LogP contribution in [0.2, 0.25) is 0 Å². The molecule has 0 aromatic heterocycles. The summed E-state index contributed by atoms with van der Waals surface area (Å²) in [6.45, 7) is 0. The van der Waals surface area contributed by atoms with Gasteiger partial charge in [0, 0.05) is 5.56 Å². The maximum Gasteiger partial charge on any atom is 0.338 e. The predicted molar refractivity (Wildman–Crippen MR) is 69.6 cm³/mol. The number of methoxy groups -OCH3 is 2. The zero-order valence-electron chi connectivity index (χ0n) is 8.79. The normalized spacial score (nSPS) is 9.50. The number of benzene rings is 1. The molecule has 0 aliphatic rings. The van der Waals surface area contributed by atoms with Crippen LogP contribution in [-0.2, 0) is 9.47 Å². The van der Waals surface area contributed by atoms with Gasteiger partial charge in [-0.3, -0.25) is 0 Å². The van der Waals surface area contributed by atoms with Crippen molar-refractivity contribution in [1.82, 2.24) is 0 Å². The maximum atomic E-state index is 11.5. The van der Waals surface area contributed by atoms with Crippen molar-refractivity contribution >= 4 is 43.6 Å². The van der Waals surface area contributed by atoms with E-state index in [-0.39, 0.29) is 0 Å². The molecule has 0 spiro atoms. The van der Waals surface area contributed by atoms with Crippen LogP contribution in [0.25, 0.3) is 5.76 Å². The van der Waals surface area contributed by atoms with Crippen LogP contribution in [0.3, 0.4) is 0 Å². The number of halogens is 2. The van der Waals surface area contributed by atoms with Gasteiger partial charge in [-0.1, -0.05) is 18.2 Å². The quantitative estimate of drug-likeness (QED) is 0.618. The van der Waals surface area contributed by atoms with Gasteiger partial charge in [-0.15, -0.1) is 0 Å². The molecule has 0 aliphatic carbocycles. The van der Waals surface area contributed by atoms with Gasteiger partial charge in [-0.05, 0) is 37.9 Å². The van der Waals surface area contributed by atoms with Gasteiger partial charge >= 0.3 is 5.97 Å². The summed E-state index contributed by atoms with van der Waals surface area (Å²) in [5.41, 5.74) is 1.12. The first-order valence-electron chi connectivity index (χ1n) is 4.38. The van der Waals surface area contributed by atoms with E-state index in [0.717, 1.165) is 0 Å². The molecule has 0 atom stereocenters. The number of carbonyl (C=O) groups is 1. The topological polar surface area (TPSA) is 35.5 Å². The van der Waals surface area contributed by atoms with E-state index < -0.39 is 5.97 Å². The molecule has 0 N–H and O–H groups in total. The van der Waals surface area contributed by atoms with Crippen molar-refractivity contribution in [3.8, 4) is 0 Å². The average Bonchev–Trinajstić information content (AvgIpc) is 2.29. The summed E-state index contributed by atoms with van der Waals surface area (Å²) in [5.74, 6) is 0.146. The first-order chi connectivity index (χ1) is 7.61. The van der Waals surface area contributed by atoms with Gasteiger partial charge in [0.2, 0.25) is 0 Å². The third-order valence-electron chi connectivity index (χ3n) is 1.95. The van der Waals surface area contributed by atoms with E-state index in [2.05, 4.69) is 31.9 Å². The number of rotatable bonds is 3. The van der Waals surface area contributed by atoms with Crippen LogP contribution in [0, 0.1) is 0 Å². The Kier molecular flexibility index (Phi) is 5.02. The molecule has 5 heteroatoms. The van der Waals surface area contributed by atoms with Crippen LogP contribution in [0.4, 0.5) is 0 Å². The van der Waals surface area contributed by atoms with Gasteiger partial charge in [0.1, 0.15) is 9.15 Å². The van der Waals surface area contributed by atoms with Gasteiger partial charge in [-0.25, -0.2) is 4.79 Å². The number of carbonyl (C=O) groups excluding carboxylic acids is 1. The third kappa shape index (κ3) is 2.86. The highest BCUT2D eigenvalue weighted by Gasteiger charge is 2.16. The molecule has 0 saturated heterocycles. The molecule has 0 bridgehead atoms. The number of ether oxygens (including phenoxy) is 2. The van der Waals surface area contributed by atoms with Crippen LogP contribution in [0.15, 0.2) is 27.7 Å². The Morgan fingerprint density at radius 1 is 1.06 bits per heavy atom. The van der Waals surface area contributed by atoms with E-state index in [4.69, 9.17) is 9.47 Å². The second-order valence-corrected chi connectivity index (χ2v) is 5.48. The van der Waals surface area contributed by atoms with E-state index in [1.54, 1.807) is 18.2 Å². The minimum atomic E-state index is -0.397. The molecule has 16 heavy (non-hydrogen) atoms. The van der Waals surface area contributed by atoms with Gasteiger partial charge in [0.25, 0.3) is 0 Å². The molecule has 0 unspecified atom stereocenters. The van der Waals surface area contributed by atoms with Crippen molar-refractivity contribution in [3.05, 3.63) is 38.8 Å². The SMILES string of the molecule is COC(=O)c1ccccc1C(OC)=C(Br)Br. The van der Waals surface area contributed by atoms with Crippen LogP contribution < -0.4 is 0 Å². The van der Waals surface area contributed by atoms with Crippen molar-refractivity contribution in [2.45, 2.75) is 0 Å². The van der Waals surface area contributed by atoms with Crippen LogP contribution >= 0.6 is 31.9 Å². The van der Waals surface area contributed by atoms with Crippen molar-refractivity contribution in [2.24, 2.45) is 0 Å². The van der Waals surface area contributed by atoms with Crippen molar-refractivity contribution in [3.63, 3.8) is 0 Å². The van der Waals surface area contributed by atoms with Gasteiger partial charge < -0.3 is 9.47 Å². The molecule has 0 fully saturated rings. The molecule has 86 valence electrons. The monoisotopic (exact) mass is 348 g/mol. The van der Waals surface area contributed by atoms with Crippen LogP contribution in [0.1, 0.15) is 15.9 Å². The lowest BCUT2D eigenvalue weighted by molar-refractivity contribution is 0.0600. The summed E-state index contributed by atoms with van der Waals surface area (Å²) in [4.78, 5) is 11.5. The molecule has 0 saturated carbocycles. The second kappa shape index (κ2) is 6.06. The van der Waals surface area contributed by atoms with Crippen molar-refractivity contribution < 1.29 is 14.3 Å². The minimum Gasteiger partial charge on any atom is -0.494 e. The Balaban J connectivity index is 3.33. The molecule has 0 aliphatic heterocycles. The highest BCUT2D eigenvalue weighted by molar-refractivity contribution is 9.28. The molecule has 1 rings (SSSR count).